The fourth-order valence-corrected chi connectivity index (χ4v) is 3.21. The van der Waals surface area contributed by atoms with Gasteiger partial charge in [-0.05, 0) is 36.6 Å². The van der Waals surface area contributed by atoms with Crippen LogP contribution < -0.4 is 10.1 Å². The van der Waals surface area contributed by atoms with E-state index < -0.39 is 0 Å². The van der Waals surface area contributed by atoms with Crippen molar-refractivity contribution in [3.05, 3.63) is 65.7 Å². The molecule has 0 radical (unpaired) electrons. The number of likely N-dealkylation sites (tertiary alicyclic amines) is 1. The normalized spacial score (nSPS) is 14.7. The van der Waals surface area contributed by atoms with Crippen LogP contribution in [0.2, 0.25) is 0 Å². The molecule has 136 valence electrons. The van der Waals surface area contributed by atoms with Gasteiger partial charge in [0.25, 0.3) is 5.91 Å². The standard InChI is InChI=1S/C21H24N2O3/c1-26-19-9-5-8-18(14-19)21(25)23-12-10-17(11-13-23)20(24)22-15-16-6-3-2-4-7-16/h2-9,14,17H,10-13,15H2,1H3,(H,22,24). The lowest BCUT2D eigenvalue weighted by molar-refractivity contribution is -0.126. The molecule has 1 N–H and O–H groups in total. The van der Waals surface area contributed by atoms with Crippen LogP contribution in [0.25, 0.3) is 0 Å². The van der Waals surface area contributed by atoms with Gasteiger partial charge in [0.2, 0.25) is 5.91 Å². The quantitative estimate of drug-likeness (QED) is 0.900. The monoisotopic (exact) mass is 352 g/mol. The van der Waals surface area contributed by atoms with Crippen LogP contribution in [-0.4, -0.2) is 36.9 Å². The molecule has 0 unspecified atom stereocenters. The van der Waals surface area contributed by atoms with Crippen LogP contribution in [-0.2, 0) is 11.3 Å². The Kier molecular flexibility index (Phi) is 5.89. The number of carbonyl (C=O) groups is 2. The molecular formula is C21H24N2O3. The summed E-state index contributed by atoms with van der Waals surface area (Å²) in [5, 5.41) is 3.00. The van der Waals surface area contributed by atoms with E-state index in [0.29, 0.717) is 43.8 Å². The van der Waals surface area contributed by atoms with Crippen molar-refractivity contribution >= 4 is 11.8 Å². The molecule has 1 aliphatic heterocycles. The van der Waals surface area contributed by atoms with Crippen LogP contribution >= 0.6 is 0 Å². The number of carbonyl (C=O) groups excluding carboxylic acids is 2. The Bertz CT molecular complexity index is 753. The van der Waals surface area contributed by atoms with Gasteiger partial charge in [0.05, 0.1) is 7.11 Å². The van der Waals surface area contributed by atoms with Crippen molar-refractivity contribution in [3.8, 4) is 5.75 Å². The molecule has 26 heavy (non-hydrogen) atoms. The Morgan fingerprint density at radius 1 is 1.08 bits per heavy atom. The predicted molar refractivity (Wildman–Crippen MR) is 99.9 cm³/mol. The van der Waals surface area contributed by atoms with Gasteiger partial charge >= 0.3 is 0 Å². The third kappa shape index (κ3) is 4.42. The number of hydrogen-bond acceptors (Lipinski definition) is 3. The van der Waals surface area contributed by atoms with Crippen molar-refractivity contribution in [2.45, 2.75) is 19.4 Å². The second kappa shape index (κ2) is 8.52. The van der Waals surface area contributed by atoms with Gasteiger partial charge in [0.15, 0.2) is 0 Å². The Morgan fingerprint density at radius 3 is 2.50 bits per heavy atom. The second-order valence-corrected chi connectivity index (χ2v) is 6.50. The zero-order valence-electron chi connectivity index (χ0n) is 15.0. The molecule has 2 aromatic carbocycles. The SMILES string of the molecule is COc1cccc(C(=O)N2CCC(C(=O)NCc3ccccc3)CC2)c1. The molecule has 1 saturated heterocycles. The van der Waals surface area contributed by atoms with Crippen LogP contribution in [0.3, 0.4) is 0 Å². The molecule has 5 nitrogen and oxygen atoms in total. The fraction of sp³-hybridized carbons (Fsp3) is 0.333. The summed E-state index contributed by atoms with van der Waals surface area (Å²) in [5.74, 6) is 0.702. The summed E-state index contributed by atoms with van der Waals surface area (Å²) >= 11 is 0. The Hall–Kier alpha value is -2.82. The summed E-state index contributed by atoms with van der Waals surface area (Å²) < 4.78 is 5.18. The minimum absolute atomic E-state index is 0.00737. The lowest BCUT2D eigenvalue weighted by atomic mass is 9.95. The van der Waals surface area contributed by atoms with Gasteiger partial charge in [-0.25, -0.2) is 0 Å². The number of ether oxygens (including phenoxy) is 1. The van der Waals surface area contributed by atoms with Crippen molar-refractivity contribution in [2.75, 3.05) is 20.2 Å². The van der Waals surface area contributed by atoms with Crippen molar-refractivity contribution in [3.63, 3.8) is 0 Å². The van der Waals surface area contributed by atoms with Gasteiger partial charge in [-0.15, -0.1) is 0 Å². The molecule has 1 fully saturated rings. The van der Waals surface area contributed by atoms with E-state index in [1.165, 1.54) is 0 Å². The van der Waals surface area contributed by atoms with Gasteiger partial charge in [-0.1, -0.05) is 36.4 Å². The van der Waals surface area contributed by atoms with E-state index in [1.54, 1.807) is 19.2 Å². The number of benzene rings is 2. The van der Waals surface area contributed by atoms with Crippen LogP contribution in [0.1, 0.15) is 28.8 Å². The number of nitrogens with zero attached hydrogens (tertiary/aromatic N) is 1. The summed E-state index contributed by atoms with van der Waals surface area (Å²) in [4.78, 5) is 26.8. The first-order valence-corrected chi connectivity index (χ1v) is 8.92. The highest BCUT2D eigenvalue weighted by atomic mass is 16.5. The molecule has 0 aliphatic carbocycles. The highest BCUT2D eigenvalue weighted by molar-refractivity contribution is 5.94. The maximum absolute atomic E-state index is 12.6. The van der Waals surface area contributed by atoms with Crippen LogP contribution in [0, 0.1) is 5.92 Å². The lowest BCUT2D eigenvalue weighted by Crippen LogP contribution is -2.42. The minimum atomic E-state index is -0.0342. The number of methoxy groups -OCH3 is 1. The topological polar surface area (TPSA) is 58.6 Å². The van der Waals surface area contributed by atoms with Crippen LogP contribution in [0.5, 0.6) is 5.75 Å². The Labute approximate surface area is 154 Å². The van der Waals surface area contributed by atoms with Gasteiger partial charge in [0.1, 0.15) is 5.75 Å². The summed E-state index contributed by atoms with van der Waals surface area (Å²) in [6.45, 7) is 1.74. The first-order valence-electron chi connectivity index (χ1n) is 8.92. The number of amides is 2. The molecule has 5 heteroatoms. The lowest BCUT2D eigenvalue weighted by Gasteiger charge is -2.31. The number of rotatable bonds is 5. The summed E-state index contributed by atoms with van der Waals surface area (Å²) in [7, 11) is 1.59. The van der Waals surface area contributed by atoms with Crippen LogP contribution in [0.4, 0.5) is 0 Å². The van der Waals surface area contributed by atoms with E-state index in [-0.39, 0.29) is 17.7 Å². The van der Waals surface area contributed by atoms with Gasteiger partial charge in [0, 0.05) is 31.1 Å². The molecule has 0 atom stereocenters. The molecule has 1 heterocycles. The molecular weight excluding hydrogens is 328 g/mol. The van der Waals surface area contributed by atoms with E-state index in [4.69, 9.17) is 4.74 Å². The summed E-state index contributed by atoms with van der Waals surface area (Å²) in [6.07, 6.45) is 1.38. The number of piperidine rings is 1. The maximum atomic E-state index is 12.6. The third-order valence-electron chi connectivity index (χ3n) is 4.78. The average Bonchev–Trinajstić information content (AvgIpc) is 2.72. The smallest absolute Gasteiger partial charge is 0.253 e. The molecule has 2 amide bonds. The predicted octanol–water partition coefficient (Wildman–Crippen LogP) is 2.86. The summed E-state index contributed by atoms with van der Waals surface area (Å²) in [6, 6.07) is 17.1. The highest BCUT2D eigenvalue weighted by Crippen LogP contribution is 2.21. The van der Waals surface area contributed by atoms with Gasteiger partial charge in [-0.3, -0.25) is 9.59 Å². The van der Waals surface area contributed by atoms with E-state index in [1.807, 2.05) is 47.4 Å². The van der Waals surface area contributed by atoms with Gasteiger partial charge < -0.3 is 15.0 Å². The highest BCUT2D eigenvalue weighted by Gasteiger charge is 2.27. The molecule has 0 saturated carbocycles. The second-order valence-electron chi connectivity index (χ2n) is 6.50. The summed E-state index contributed by atoms with van der Waals surface area (Å²) in [5.41, 5.74) is 1.71. The van der Waals surface area contributed by atoms with E-state index in [9.17, 15) is 9.59 Å². The first kappa shape index (κ1) is 18.0. The van der Waals surface area contributed by atoms with E-state index >= 15 is 0 Å². The van der Waals surface area contributed by atoms with E-state index in [0.717, 1.165) is 5.56 Å². The van der Waals surface area contributed by atoms with Crippen molar-refractivity contribution < 1.29 is 14.3 Å². The molecule has 3 rings (SSSR count). The number of nitrogens with one attached hydrogen (secondary N) is 1. The van der Waals surface area contributed by atoms with Crippen molar-refractivity contribution in [2.24, 2.45) is 5.92 Å². The third-order valence-corrected chi connectivity index (χ3v) is 4.78. The van der Waals surface area contributed by atoms with Crippen molar-refractivity contribution in [1.82, 2.24) is 10.2 Å². The van der Waals surface area contributed by atoms with E-state index in [2.05, 4.69) is 5.32 Å². The first-order chi connectivity index (χ1) is 12.7. The Balaban J connectivity index is 1.50. The number of hydrogen-bond donors (Lipinski definition) is 1. The zero-order chi connectivity index (χ0) is 18.4. The fourth-order valence-electron chi connectivity index (χ4n) is 3.21. The van der Waals surface area contributed by atoms with Crippen LogP contribution in [0.15, 0.2) is 54.6 Å². The Morgan fingerprint density at radius 2 is 1.81 bits per heavy atom. The maximum Gasteiger partial charge on any atom is 0.253 e. The minimum Gasteiger partial charge on any atom is -0.497 e. The molecule has 0 spiro atoms. The molecule has 2 aromatic rings. The van der Waals surface area contributed by atoms with Crippen molar-refractivity contribution in [1.29, 1.82) is 0 Å². The zero-order valence-corrected chi connectivity index (χ0v) is 15.0. The molecule has 0 bridgehead atoms. The average molecular weight is 352 g/mol. The molecule has 1 aliphatic rings. The largest absolute Gasteiger partial charge is 0.497 e. The molecule has 0 aromatic heterocycles. The van der Waals surface area contributed by atoms with Gasteiger partial charge in [-0.2, -0.15) is 0 Å².